The molecule has 3 rings (SSSR count). The Hall–Kier alpha value is -2.12. The first-order chi connectivity index (χ1) is 10.2. The third-order valence-electron chi connectivity index (χ3n) is 2.71. The third kappa shape index (κ3) is 3.32. The second kappa shape index (κ2) is 6.11. The van der Waals surface area contributed by atoms with Crippen LogP contribution in [-0.4, -0.2) is 20.9 Å². The van der Waals surface area contributed by atoms with Gasteiger partial charge in [-0.25, -0.2) is 4.98 Å². The Morgan fingerprint density at radius 1 is 1.29 bits per heavy atom. The molecule has 3 aromatic heterocycles. The first kappa shape index (κ1) is 13.8. The lowest BCUT2D eigenvalue weighted by Gasteiger charge is -1.97. The molecule has 1 N–H and O–H groups in total. The molecule has 3 heterocycles. The van der Waals surface area contributed by atoms with E-state index < -0.39 is 0 Å². The van der Waals surface area contributed by atoms with E-state index in [1.165, 1.54) is 6.92 Å². The monoisotopic (exact) mass is 316 g/mol. The molecule has 3 aromatic rings. The van der Waals surface area contributed by atoms with Gasteiger partial charge in [0.1, 0.15) is 10.7 Å². The summed E-state index contributed by atoms with van der Waals surface area (Å²) in [5, 5.41) is 5.66. The van der Waals surface area contributed by atoms with Crippen molar-refractivity contribution < 1.29 is 4.79 Å². The quantitative estimate of drug-likeness (QED) is 0.803. The maximum Gasteiger partial charge on any atom is 0.217 e. The summed E-state index contributed by atoms with van der Waals surface area (Å²) in [6.45, 7) is 2.07. The van der Waals surface area contributed by atoms with E-state index >= 15 is 0 Å². The van der Waals surface area contributed by atoms with Crippen LogP contribution in [0.2, 0.25) is 0 Å². The van der Waals surface area contributed by atoms with Crippen molar-refractivity contribution in [2.75, 3.05) is 0 Å². The van der Waals surface area contributed by atoms with E-state index in [0.29, 0.717) is 6.54 Å². The molecule has 0 radical (unpaired) electrons. The lowest BCUT2D eigenvalue weighted by atomic mass is 10.3. The molecule has 0 atom stereocenters. The minimum atomic E-state index is -0.0245. The molecule has 0 aliphatic carbocycles. The van der Waals surface area contributed by atoms with Gasteiger partial charge in [0.2, 0.25) is 5.91 Å². The van der Waals surface area contributed by atoms with Crippen molar-refractivity contribution in [2.45, 2.75) is 13.5 Å². The van der Waals surface area contributed by atoms with E-state index in [-0.39, 0.29) is 5.91 Å². The summed E-state index contributed by atoms with van der Waals surface area (Å²) in [5.41, 5.74) is 1.71. The summed E-state index contributed by atoms with van der Waals surface area (Å²) in [7, 11) is 0. The summed E-state index contributed by atoms with van der Waals surface area (Å²) in [6.07, 6.45) is 5.01. The van der Waals surface area contributed by atoms with Crippen LogP contribution in [0.15, 0.2) is 36.1 Å². The Labute approximate surface area is 129 Å². The van der Waals surface area contributed by atoms with Gasteiger partial charge in [-0.1, -0.05) is 0 Å². The summed E-state index contributed by atoms with van der Waals surface area (Å²) in [5.74, 6) is -0.0245. The van der Waals surface area contributed by atoms with Crippen molar-refractivity contribution in [1.82, 2.24) is 20.3 Å². The number of thiazole rings is 1. The smallest absolute Gasteiger partial charge is 0.217 e. The van der Waals surface area contributed by atoms with Gasteiger partial charge in [-0.3, -0.25) is 14.8 Å². The first-order valence-electron chi connectivity index (χ1n) is 6.28. The molecule has 7 heteroatoms. The molecular weight excluding hydrogens is 304 g/mol. The highest BCUT2D eigenvalue weighted by Gasteiger charge is 2.10. The van der Waals surface area contributed by atoms with Crippen LogP contribution in [0.3, 0.4) is 0 Å². The summed E-state index contributed by atoms with van der Waals surface area (Å²) in [6, 6.07) is 4.04. The van der Waals surface area contributed by atoms with Crippen molar-refractivity contribution in [3.05, 3.63) is 41.0 Å². The number of amides is 1. The normalized spacial score (nSPS) is 10.5. The molecule has 0 saturated heterocycles. The third-order valence-corrected chi connectivity index (χ3v) is 4.68. The van der Waals surface area contributed by atoms with Crippen LogP contribution in [0.25, 0.3) is 21.3 Å². The van der Waals surface area contributed by atoms with Gasteiger partial charge in [0.25, 0.3) is 0 Å². The minimum Gasteiger partial charge on any atom is -0.351 e. The Balaban J connectivity index is 1.79. The van der Waals surface area contributed by atoms with Crippen LogP contribution in [0.1, 0.15) is 11.8 Å². The van der Waals surface area contributed by atoms with E-state index in [1.54, 1.807) is 41.3 Å². The lowest BCUT2D eigenvalue weighted by Crippen LogP contribution is -2.17. The largest absolute Gasteiger partial charge is 0.351 e. The molecule has 0 aromatic carbocycles. The molecule has 5 nitrogen and oxygen atoms in total. The van der Waals surface area contributed by atoms with Gasteiger partial charge in [0.05, 0.1) is 23.3 Å². The maximum absolute atomic E-state index is 10.9. The Bertz CT molecular complexity index is 751. The van der Waals surface area contributed by atoms with E-state index in [4.69, 9.17) is 0 Å². The van der Waals surface area contributed by atoms with Gasteiger partial charge in [0, 0.05) is 29.6 Å². The van der Waals surface area contributed by atoms with Crippen LogP contribution in [-0.2, 0) is 11.3 Å². The number of nitrogens with zero attached hydrogens (tertiary/aromatic N) is 3. The molecule has 0 aliphatic heterocycles. The summed E-state index contributed by atoms with van der Waals surface area (Å²) in [4.78, 5) is 26.0. The second-order valence-electron chi connectivity index (χ2n) is 4.30. The second-order valence-corrected chi connectivity index (χ2v) is 6.33. The van der Waals surface area contributed by atoms with Gasteiger partial charge in [-0.15, -0.1) is 22.7 Å². The predicted molar refractivity (Wildman–Crippen MR) is 84.0 cm³/mol. The number of carbonyl (C=O) groups excluding carboxylic acids is 1. The number of hydrogen-bond donors (Lipinski definition) is 1. The molecule has 0 saturated carbocycles. The number of carbonyl (C=O) groups is 1. The van der Waals surface area contributed by atoms with E-state index in [0.717, 1.165) is 26.1 Å². The van der Waals surface area contributed by atoms with Crippen LogP contribution < -0.4 is 5.32 Å². The molecular formula is C14H12N4OS2. The highest BCUT2D eigenvalue weighted by atomic mass is 32.1. The fraction of sp³-hybridized carbons (Fsp3) is 0.143. The molecule has 0 unspecified atom stereocenters. The Morgan fingerprint density at radius 3 is 2.95 bits per heavy atom. The van der Waals surface area contributed by atoms with Crippen LogP contribution in [0, 0.1) is 0 Å². The zero-order chi connectivity index (χ0) is 14.7. The van der Waals surface area contributed by atoms with Crippen molar-refractivity contribution in [2.24, 2.45) is 0 Å². The summed E-state index contributed by atoms with van der Waals surface area (Å²) >= 11 is 3.18. The molecule has 21 heavy (non-hydrogen) atoms. The summed E-state index contributed by atoms with van der Waals surface area (Å²) < 4.78 is 0. The SMILES string of the molecule is CC(=O)NCc1ccc(-c2csc(-c3cnccn3)n2)s1. The van der Waals surface area contributed by atoms with Crippen LogP contribution in [0.4, 0.5) is 0 Å². The van der Waals surface area contributed by atoms with Gasteiger partial charge in [0.15, 0.2) is 0 Å². The van der Waals surface area contributed by atoms with Crippen LogP contribution >= 0.6 is 22.7 Å². The van der Waals surface area contributed by atoms with Gasteiger partial charge < -0.3 is 5.32 Å². The molecule has 0 bridgehead atoms. The topological polar surface area (TPSA) is 67.8 Å². The molecule has 0 aliphatic rings. The van der Waals surface area contributed by atoms with Crippen LogP contribution in [0.5, 0.6) is 0 Å². The van der Waals surface area contributed by atoms with Gasteiger partial charge in [-0.2, -0.15) is 0 Å². The van der Waals surface area contributed by atoms with E-state index in [1.807, 2.05) is 17.5 Å². The lowest BCUT2D eigenvalue weighted by molar-refractivity contribution is -0.119. The fourth-order valence-electron chi connectivity index (χ4n) is 1.74. The van der Waals surface area contributed by atoms with E-state index in [9.17, 15) is 4.79 Å². The van der Waals surface area contributed by atoms with Gasteiger partial charge in [-0.05, 0) is 12.1 Å². The Kier molecular flexibility index (Phi) is 4.03. The Morgan fingerprint density at radius 2 is 2.19 bits per heavy atom. The first-order valence-corrected chi connectivity index (χ1v) is 7.97. The number of hydrogen-bond acceptors (Lipinski definition) is 6. The molecule has 0 spiro atoms. The van der Waals surface area contributed by atoms with Crippen molar-refractivity contribution in [3.63, 3.8) is 0 Å². The number of thiophene rings is 1. The van der Waals surface area contributed by atoms with Gasteiger partial charge >= 0.3 is 0 Å². The number of rotatable bonds is 4. The zero-order valence-corrected chi connectivity index (χ0v) is 12.9. The minimum absolute atomic E-state index is 0.0245. The average Bonchev–Trinajstić information content (AvgIpc) is 3.15. The van der Waals surface area contributed by atoms with Crippen molar-refractivity contribution in [1.29, 1.82) is 0 Å². The van der Waals surface area contributed by atoms with E-state index in [2.05, 4.69) is 20.3 Å². The van der Waals surface area contributed by atoms with Crippen molar-refractivity contribution in [3.8, 4) is 21.3 Å². The molecule has 106 valence electrons. The predicted octanol–water partition coefficient (Wildman–Crippen LogP) is 2.96. The average molecular weight is 316 g/mol. The highest BCUT2D eigenvalue weighted by Crippen LogP contribution is 2.31. The van der Waals surface area contributed by atoms with Crippen molar-refractivity contribution >= 4 is 28.6 Å². The highest BCUT2D eigenvalue weighted by molar-refractivity contribution is 7.16. The fourth-order valence-corrected chi connectivity index (χ4v) is 3.50. The zero-order valence-electron chi connectivity index (χ0n) is 11.2. The molecule has 0 fully saturated rings. The standard InChI is InChI=1S/C14H12N4OS2/c1-9(19)17-6-10-2-3-13(21-10)12-8-20-14(18-12)11-7-15-4-5-16-11/h2-5,7-8H,6H2,1H3,(H,17,19). The number of nitrogens with one attached hydrogen (secondary N) is 1. The number of aromatic nitrogens is 3. The molecule has 1 amide bonds. The maximum atomic E-state index is 10.9.